The van der Waals surface area contributed by atoms with Crippen molar-refractivity contribution in [2.24, 2.45) is 0 Å². The standard InChI is InChI=1S/C26H23FN4O/c1-17-10-20(4-9-25(17)30-14-18(2)29-16-30)11-23-12-21(13-28)15-31(26(23)32)19(3)22-5-7-24(27)8-6-22/h4-10,12,14-16,19H,11H2,1-3H3/t19-/m0/s1. The number of benzene rings is 2. The number of nitrogens with zero attached hydrogens (tertiary/aromatic N) is 4. The van der Waals surface area contributed by atoms with E-state index in [2.05, 4.69) is 17.1 Å². The topological polar surface area (TPSA) is 63.6 Å². The van der Waals surface area contributed by atoms with Gasteiger partial charge in [-0.25, -0.2) is 9.37 Å². The summed E-state index contributed by atoms with van der Waals surface area (Å²) in [7, 11) is 0. The van der Waals surface area contributed by atoms with Gasteiger partial charge in [0.1, 0.15) is 11.9 Å². The van der Waals surface area contributed by atoms with Gasteiger partial charge in [0.25, 0.3) is 5.56 Å². The monoisotopic (exact) mass is 426 g/mol. The van der Waals surface area contributed by atoms with Gasteiger partial charge in [0.15, 0.2) is 0 Å². The normalized spacial score (nSPS) is 11.8. The Morgan fingerprint density at radius 1 is 1.09 bits per heavy atom. The minimum atomic E-state index is -0.330. The van der Waals surface area contributed by atoms with Gasteiger partial charge in [0.2, 0.25) is 0 Å². The summed E-state index contributed by atoms with van der Waals surface area (Å²) in [6.45, 7) is 5.83. The Hall–Kier alpha value is -3.98. The van der Waals surface area contributed by atoms with Gasteiger partial charge in [-0.2, -0.15) is 5.26 Å². The van der Waals surface area contributed by atoms with Gasteiger partial charge in [-0.1, -0.05) is 24.3 Å². The predicted octanol–water partition coefficient (Wildman–Crippen LogP) is 4.86. The fraction of sp³-hybridized carbons (Fsp3) is 0.192. The van der Waals surface area contributed by atoms with Crippen LogP contribution in [0.2, 0.25) is 0 Å². The molecule has 2 aromatic heterocycles. The van der Waals surface area contributed by atoms with Crippen LogP contribution in [0.15, 0.2) is 72.0 Å². The maximum atomic E-state index is 13.3. The largest absolute Gasteiger partial charge is 0.307 e. The Morgan fingerprint density at radius 2 is 1.84 bits per heavy atom. The molecule has 6 heteroatoms. The van der Waals surface area contributed by atoms with E-state index >= 15 is 0 Å². The van der Waals surface area contributed by atoms with E-state index in [-0.39, 0.29) is 17.4 Å². The highest BCUT2D eigenvalue weighted by molar-refractivity contribution is 5.44. The highest BCUT2D eigenvalue weighted by Gasteiger charge is 2.15. The summed E-state index contributed by atoms with van der Waals surface area (Å²) in [6, 6.07) is 15.6. The van der Waals surface area contributed by atoms with Crippen LogP contribution in [0.1, 0.15) is 46.5 Å². The van der Waals surface area contributed by atoms with Crippen LogP contribution >= 0.6 is 0 Å². The summed E-state index contributed by atoms with van der Waals surface area (Å²) in [5.74, 6) is -0.329. The van der Waals surface area contributed by atoms with Crippen molar-refractivity contribution in [3.8, 4) is 11.8 Å². The maximum Gasteiger partial charge on any atom is 0.254 e. The first-order valence-electron chi connectivity index (χ1n) is 10.4. The number of aromatic nitrogens is 3. The fourth-order valence-corrected chi connectivity index (χ4v) is 3.93. The van der Waals surface area contributed by atoms with Crippen molar-refractivity contribution in [2.45, 2.75) is 33.2 Å². The molecule has 4 rings (SSSR count). The van der Waals surface area contributed by atoms with Crippen molar-refractivity contribution in [3.63, 3.8) is 0 Å². The Bertz CT molecular complexity index is 1380. The summed E-state index contributed by atoms with van der Waals surface area (Å²) < 4.78 is 16.8. The molecule has 0 bridgehead atoms. The molecule has 0 saturated heterocycles. The third-order valence-corrected chi connectivity index (χ3v) is 5.66. The van der Waals surface area contributed by atoms with Crippen LogP contribution in [0.4, 0.5) is 4.39 Å². The minimum absolute atomic E-state index is 0.159. The van der Waals surface area contributed by atoms with Crippen molar-refractivity contribution < 1.29 is 4.39 Å². The lowest BCUT2D eigenvalue weighted by atomic mass is 10.0. The van der Waals surface area contributed by atoms with Gasteiger partial charge in [-0.3, -0.25) is 4.79 Å². The Balaban J connectivity index is 1.69. The number of halogens is 1. The molecule has 2 heterocycles. The number of hydrogen-bond acceptors (Lipinski definition) is 3. The molecule has 0 spiro atoms. The molecular weight excluding hydrogens is 403 g/mol. The van der Waals surface area contributed by atoms with Crippen LogP contribution < -0.4 is 5.56 Å². The highest BCUT2D eigenvalue weighted by Crippen LogP contribution is 2.20. The van der Waals surface area contributed by atoms with Crippen molar-refractivity contribution in [1.29, 1.82) is 5.26 Å². The molecule has 32 heavy (non-hydrogen) atoms. The van der Waals surface area contributed by atoms with Crippen molar-refractivity contribution >= 4 is 0 Å². The summed E-state index contributed by atoms with van der Waals surface area (Å²) in [6.07, 6.45) is 5.72. The van der Waals surface area contributed by atoms with Gasteiger partial charge < -0.3 is 9.13 Å². The second-order valence-corrected chi connectivity index (χ2v) is 8.03. The van der Waals surface area contributed by atoms with E-state index in [1.165, 1.54) is 12.1 Å². The second-order valence-electron chi connectivity index (χ2n) is 8.03. The van der Waals surface area contributed by atoms with E-state index in [1.807, 2.05) is 43.7 Å². The lowest BCUT2D eigenvalue weighted by Crippen LogP contribution is -2.27. The molecule has 4 aromatic rings. The first kappa shape index (κ1) is 21.3. The summed E-state index contributed by atoms with van der Waals surface area (Å²) in [4.78, 5) is 17.5. The molecule has 0 N–H and O–H groups in total. The predicted molar refractivity (Wildman–Crippen MR) is 121 cm³/mol. The number of pyridine rings is 1. The van der Waals surface area contributed by atoms with Crippen molar-refractivity contribution in [2.75, 3.05) is 0 Å². The Morgan fingerprint density at radius 3 is 2.47 bits per heavy atom. The first-order valence-corrected chi connectivity index (χ1v) is 10.4. The SMILES string of the molecule is Cc1cn(-c2ccc(Cc3cc(C#N)cn([C@@H](C)c4ccc(F)cc4)c3=O)cc2C)cn1. The van der Waals surface area contributed by atoms with Gasteiger partial charge in [-0.05, 0) is 61.7 Å². The molecule has 0 saturated carbocycles. The Kier molecular flexibility index (Phi) is 5.74. The molecule has 0 fully saturated rings. The van der Waals surface area contributed by atoms with E-state index in [0.717, 1.165) is 28.1 Å². The second kappa shape index (κ2) is 8.64. The molecule has 0 aliphatic heterocycles. The van der Waals surface area contributed by atoms with Gasteiger partial charge in [0.05, 0.1) is 23.6 Å². The van der Waals surface area contributed by atoms with Crippen LogP contribution in [0.25, 0.3) is 5.69 Å². The number of imidazole rings is 1. The average Bonchev–Trinajstić information content (AvgIpc) is 3.21. The smallest absolute Gasteiger partial charge is 0.254 e. The molecular formula is C26H23FN4O. The number of rotatable bonds is 5. The van der Waals surface area contributed by atoms with Crippen LogP contribution in [0.5, 0.6) is 0 Å². The van der Waals surface area contributed by atoms with E-state index < -0.39 is 0 Å². The fourth-order valence-electron chi connectivity index (χ4n) is 3.93. The number of aryl methyl sites for hydroxylation is 2. The third kappa shape index (κ3) is 4.23. The van der Waals surface area contributed by atoms with Crippen molar-refractivity contribution in [3.05, 3.63) is 117 Å². The molecule has 0 aliphatic rings. The summed E-state index contributed by atoms with van der Waals surface area (Å²) >= 11 is 0. The highest BCUT2D eigenvalue weighted by atomic mass is 19.1. The van der Waals surface area contributed by atoms with Crippen LogP contribution in [-0.2, 0) is 6.42 Å². The number of nitriles is 1. The quantitative estimate of drug-likeness (QED) is 0.458. The third-order valence-electron chi connectivity index (χ3n) is 5.66. The zero-order chi connectivity index (χ0) is 22.8. The molecule has 0 unspecified atom stereocenters. The lowest BCUT2D eigenvalue weighted by Gasteiger charge is -2.18. The molecule has 0 aliphatic carbocycles. The molecule has 0 radical (unpaired) electrons. The van der Waals surface area contributed by atoms with E-state index in [4.69, 9.17) is 0 Å². The van der Waals surface area contributed by atoms with Gasteiger partial charge in [0, 0.05) is 30.1 Å². The van der Waals surface area contributed by atoms with E-state index in [9.17, 15) is 14.4 Å². The van der Waals surface area contributed by atoms with E-state index in [1.54, 1.807) is 35.3 Å². The van der Waals surface area contributed by atoms with Gasteiger partial charge in [-0.15, -0.1) is 0 Å². The summed E-state index contributed by atoms with van der Waals surface area (Å²) in [5.41, 5.74) is 5.62. The maximum absolute atomic E-state index is 13.3. The van der Waals surface area contributed by atoms with Crippen LogP contribution in [-0.4, -0.2) is 14.1 Å². The first-order chi connectivity index (χ1) is 15.4. The molecule has 160 valence electrons. The molecule has 5 nitrogen and oxygen atoms in total. The van der Waals surface area contributed by atoms with E-state index in [0.29, 0.717) is 17.5 Å². The average molecular weight is 426 g/mol. The minimum Gasteiger partial charge on any atom is -0.307 e. The molecule has 0 amide bonds. The summed E-state index contributed by atoms with van der Waals surface area (Å²) in [5, 5.41) is 9.52. The van der Waals surface area contributed by atoms with Gasteiger partial charge >= 0.3 is 0 Å². The number of hydrogen-bond donors (Lipinski definition) is 0. The van der Waals surface area contributed by atoms with Crippen molar-refractivity contribution in [1.82, 2.24) is 14.1 Å². The molecule has 1 atom stereocenters. The van der Waals surface area contributed by atoms with Crippen LogP contribution in [0.3, 0.4) is 0 Å². The zero-order valence-corrected chi connectivity index (χ0v) is 18.2. The molecule has 2 aromatic carbocycles. The Labute approximate surface area is 186 Å². The zero-order valence-electron chi connectivity index (χ0n) is 18.2. The van der Waals surface area contributed by atoms with Crippen LogP contribution in [0, 0.1) is 31.0 Å². The lowest BCUT2D eigenvalue weighted by molar-refractivity contribution is 0.599.